The van der Waals surface area contributed by atoms with Gasteiger partial charge >= 0.3 is 0 Å². The molecule has 0 saturated heterocycles. The van der Waals surface area contributed by atoms with E-state index in [-0.39, 0.29) is 12.4 Å². The molecule has 0 heterocycles. The van der Waals surface area contributed by atoms with Crippen molar-refractivity contribution < 1.29 is 9.47 Å². The lowest BCUT2D eigenvalue weighted by Crippen LogP contribution is -2.17. The van der Waals surface area contributed by atoms with Crippen molar-refractivity contribution in [1.29, 1.82) is 0 Å². The molecule has 0 aromatic heterocycles. The Bertz CT molecular complexity index is 638. The number of hydrogen-bond acceptors (Lipinski definition) is 3. The van der Waals surface area contributed by atoms with E-state index in [2.05, 4.69) is 11.4 Å². The van der Waals surface area contributed by atoms with Crippen LogP contribution in [0, 0.1) is 0 Å². The van der Waals surface area contributed by atoms with Crippen LogP contribution in [0.2, 0.25) is 10.0 Å². The first-order valence-electron chi connectivity index (χ1n) is 8.13. The molecule has 0 bridgehead atoms. The second-order valence-corrected chi connectivity index (χ2v) is 6.20. The molecule has 0 saturated carbocycles. The Morgan fingerprint density at radius 2 is 1.84 bits per heavy atom. The van der Waals surface area contributed by atoms with Gasteiger partial charge < -0.3 is 14.8 Å². The highest BCUT2D eigenvalue weighted by molar-refractivity contribution is 6.35. The smallest absolute Gasteiger partial charge is 0.124 e. The zero-order valence-electron chi connectivity index (χ0n) is 14.3. The molecule has 25 heavy (non-hydrogen) atoms. The van der Waals surface area contributed by atoms with Gasteiger partial charge in [0.2, 0.25) is 0 Å². The summed E-state index contributed by atoms with van der Waals surface area (Å²) in [4.78, 5) is 0. The largest absolute Gasteiger partial charge is 0.489 e. The van der Waals surface area contributed by atoms with E-state index in [1.54, 1.807) is 6.07 Å². The van der Waals surface area contributed by atoms with Crippen molar-refractivity contribution in [2.24, 2.45) is 0 Å². The van der Waals surface area contributed by atoms with Crippen molar-refractivity contribution in [3.63, 3.8) is 0 Å². The Morgan fingerprint density at radius 1 is 1.04 bits per heavy atom. The Hall–Kier alpha value is -0.970. The molecule has 3 nitrogen and oxygen atoms in total. The van der Waals surface area contributed by atoms with Gasteiger partial charge in [0.05, 0.1) is 0 Å². The van der Waals surface area contributed by atoms with Gasteiger partial charge in [-0.3, -0.25) is 0 Å². The molecule has 6 heteroatoms. The van der Waals surface area contributed by atoms with E-state index in [9.17, 15) is 0 Å². The Morgan fingerprint density at radius 3 is 2.60 bits per heavy atom. The first-order chi connectivity index (χ1) is 11.7. The maximum absolute atomic E-state index is 6.19. The minimum Gasteiger partial charge on any atom is -0.489 e. The van der Waals surface area contributed by atoms with E-state index in [4.69, 9.17) is 32.7 Å². The van der Waals surface area contributed by atoms with E-state index in [1.807, 2.05) is 37.3 Å². The molecule has 0 spiro atoms. The van der Waals surface area contributed by atoms with Crippen LogP contribution in [0.4, 0.5) is 0 Å². The fourth-order valence-corrected chi connectivity index (χ4v) is 2.71. The van der Waals surface area contributed by atoms with Crippen LogP contribution >= 0.6 is 35.6 Å². The lowest BCUT2D eigenvalue weighted by atomic mass is 10.2. The number of ether oxygens (including phenoxy) is 2. The molecule has 1 N–H and O–H groups in total. The van der Waals surface area contributed by atoms with Gasteiger partial charge in [-0.1, -0.05) is 47.5 Å². The summed E-state index contributed by atoms with van der Waals surface area (Å²) in [5.74, 6) is 0.862. The summed E-state index contributed by atoms with van der Waals surface area (Å²) in [6, 6.07) is 13.5. The van der Waals surface area contributed by atoms with E-state index in [0.29, 0.717) is 16.7 Å². The van der Waals surface area contributed by atoms with Gasteiger partial charge in [0.25, 0.3) is 0 Å². The third-order valence-electron chi connectivity index (χ3n) is 3.53. The van der Waals surface area contributed by atoms with Crippen LogP contribution in [-0.2, 0) is 17.9 Å². The fraction of sp³-hybridized carbons (Fsp3) is 0.368. The Kier molecular flexibility index (Phi) is 10.9. The molecule has 0 unspecified atom stereocenters. The maximum Gasteiger partial charge on any atom is 0.124 e. The minimum absolute atomic E-state index is 0. The number of para-hydroxylation sites is 1. The van der Waals surface area contributed by atoms with E-state index in [1.165, 1.54) is 0 Å². The lowest BCUT2D eigenvalue weighted by molar-refractivity contribution is 0.144. The number of hydrogen-bond donors (Lipinski definition) is 1. The van der Waals surface area contributed by atoms with Crippen LogP contribution in [0.3, 0.4) is 0 Å². The zero-order chi connectivity index (χ0) is 17.2. The molecule has 0 radical (unpaired) electrons. The van der Waals surface area contributed by atoms with Gasteiger partial charge in [-0.25, -0.2) is 0 Å². The molecule has 138 valence electrons. The van der Waals surface area contributed by atoms with Crippen LogP contribution in [0.25, 0.3) is 0 Å². The highest BCUT2D eigenvalue weighted by atomic mass is 35.5. The number of halogens is 3. The summed E-state index contributed by atoms with van der Waals surface area (Å²) in [5.41, 5.74) is 2.04. The molecular formula is C19H24Cl3NO2. The molecule has 0 amide bonds. The quantitative estimate of drug-likeness (QED) is 0.530. The van der Waals surface area contributed by atoms with Gasteiger partial charge in [0.15, 0.2) is 0 Å². The molecular weight excluding hydrogens is 381 g/mol. The van der Waals surface area contributed by atoms with Gasteiger partial charge in [0, 0.05) is 40.9 Å². The normalized spacial score (nSPS) is 10.4. The summed E-state index contributed by atoms with van der Waals surface area (Å²) >= 11 is 12.1. The molecule has 2 rings (SSSR count). The van der Waals surface area contributed by atoms with Crippen LogP contribution in [0.15, 0.2) is 42.5 Å². The number of benzene rings is 2. The third-order valence-corrected chi connectivity index (χ3v) is 4.12. The first kappa shape index (κ1) is 22.1. The number of rotatable bonds is 10. The minimum atomic E-state index is 0. The topological polar surface area (TPSA) is 30.5 Å². The van der Waals surface area contributed by atoms with Gasteiger partial charge in [-0.15, -0.1) is 12.4 Å². The van der Waals surface area contributed by atoms with Crippen LogP contribution in [0.1, 0.15) is 24.5 Å². The summed E-state index contributed by atoms with van der Waals surface area (Å²) in [7, 11) is 0. The van der Waals surface area contributed by atoms with Crippen molar-refractivity contribution in [2.45, 2.75) is 26.5 Å². The van der Waals surface area contributed by atoms with Crippen molar-refractivity contribution in [3.8, 4) is 5.75 Å². The predicted molar refractivity (Wildman–Crippen MR) is 107 cm³/mol. The maximum atomic E-state index is 6.19. The van der Waals surface area contributed by atoms with Crippen LogP contribution < -0.4 is 10.1 Å². The monoisotopic (exact) mass is 403 g/mol. The molecule has 0 aliphatic rings. The average molecular weight is 405 g/mol. The van der Waals surface area contributed by atoms with E-state index in [0.717, 1.165) is 49.6 Å². The van der Waals surface area contributed by atoms with Gasteiger partial charge in [0.1, 0.15) is 12.4 Å². The second kappa shape index (κ2) is 12.4. The summed E-state index contributed by atoms with van der Waals surface area (Å²) in [5, 5.41) is 4.66. The van der Waals surface area contributed by atoms with Gasteiger partial charge in [-0.05, 0) is 38.1 Å². The number of nitrogens with one attached hydrogen (secondary N) is 1. The molecule has 0 aliphatic heterocycles. The SMILES string of the molecule is CCOCCCNCc1ccccc1OCc1ccc(Cl)cc1Cl.Cl. The standard InChI is InChI=1S/C19H23Cl2NO2.ClH/c1-2-23-11-5-10-22-13-15-6-3-4-7-19(15)24-14-16-8-9-17(20)12-18(16)21;/h3-4,6-9,12,22H,2,5,10-11,13-14H2,1H3;1H. The molecule has 0 atom stereocenters. The van der Waals surface area contributed by atoms with E-state index < -0.39 is 0 Å². The van der Waals surface area contributed by atoms with Crippen molar-refractivity contribution in [1.82, 2.24) is 5.32 Å². The molecule has 0 aliphatic carbocycles. The highest BCUT2D eigenvalue weighted by Crippen LogP contribution is 2.24. The zero-order valence-corrected chi connectivity index (χ0v) is 16.6. The summed E-state index contributed by atoms with van der Waals surface area (Å²) < 4.78 is 11.3. The molecule has 2 aromatic rings. The highest BCUT2D eigenvalue weighted by Gasteiger charge is 2.06. The fourth-order valence-electron chi connectivity index (χ4n) is 2.25. The molecule has 0 fully saturated rings. The van der Waals surface area contributed by atoms with Crippen molar-refractivity contribution >= 4 is 35.6 Å². The first-order valence-corrected chi connectivity index (χ1v) is 8.89. The Labute approximate surface area is 166 Å². The predicted octanol–water partition coefficient (Wildman–Crippen LogP) is 5.51. The second-order valence-electron chi connectivity index (χ2n) is 5.36. The average Bonchev–Trinajstić information content (AvgIpc) is 2.58. The summed E-state index contributed by atoms with van der Waals surface area (Å²) in [6.07, 6.45) is 0.997. The summed E-state index contributed by atoms with van der Waals surface area (Å²) in [6.45, 7) is 5.65. The van der Waals surface area contributed by atoms with Crippen molar-refractivity contribution in [3.05, 3.63) is 63.6 Å². The van der Waals surface area contributed by atoms with Crippen LogP contribution in [0.5, 0.6) is 5.75 Å². The third kappa shape index (κ3) is 7.85. The Balaban J connectivity index is 0.00000312. The van der Waals surface area contributed by atoms with E-state index >= 15 is 0 Å². The van der Waals surface area contributed by atoms with Crippen molar-refractivity contribution in [2.75, 3.05) is 19.8 Å². The van der Waals surface area contributed by atoms with Gasteiger partial charge in [-0.2, -0.15) is 0 Å². The molecule has 2 aromatic carbocycles. The lowest BCUT2D eigenvalue weighted by Gasteiger charge is -2.13. The van der Waals surface area contributed by atoms with Crippen LogP contribution in [-0.4, -0.2) is 19.8 Å².